The van der Waals surface area contributed by atoms with Gasteiger partial charge in [0.1, 0.15) is 5.82 Å². The Hall–Kier alpha value is -1.42. The van der Waals surface area contributed by atoms with Crippen molar-refractivity contribution in [2.24, 2.45) is 0 Å². The maximum absolute atomic E-state index is 13.7. The molecule has 1 aromatic carbocycles. The van der Waals surface area contributed by atoms with E-state index in [9.17, 15) is 9.18 Å². The first-order chi connectivity index (χ1) is 9.72. The largest absolute Gasteiger partial charge is 0.343 e. The normalized spacial score (nSPS) is 16.4. The van der Waals surface area contributed by atoms with Crippen molar-refractivity contribution in [2.75, 3.05) is 19.6 Å². The van der Waals surface area contributed by atoms with Crippen molar-refractivity contribution in [3.8, 4) is 0 Å². The summed E-state index contributed by atoms with van der Waals surface area (Å²) in [6.07, 6.45) is 3.53. The molecular weight excluding hydrogens is 255 g/mol. The van der Waals surface area contributed by atoms with E-state index in [4.69, 9.17) is 0 Å². The smallest absolute Gasteiger partial charge is 0.223 e. The highest BCUT2D eigenvalue weighted by molar-refractivity contribution is 5.76. The Labute approximate surface area is 120 Å². The summed E-state index contributed by atoms with van der Waals surface area (Å²) < 4.78 is 13.7. The lowest BCUT2D eigenvalue weighted by Gasteiger charge is -2.19. The molecule has 0 aromatic heterocycles. The fourth-order valence-electron chi connectivity index (χ4n) is 2.71. The van der Waals surface area contributed by atoms with Crippen LogP contribution in [-0.4, -0.2) is 30.4 Å². The van der Waals surface area contributed by atoms with Gasteiger partial charge in [-0.2, -0.15) is 0 Å². The van der Waals surface area contributed by atoms with Gasteiger partial charge in [0.15, 0.2) is 0 Å². The highest BCUT2D eigenvalue weighted by Gasteiger charge is 2.18. The van der Waals surface area contributed by atoms with Crippen LogP contribution in [0, 0.1) is 5.82 Å². The number of nitrogens with zero attached hydrogens (tertiary/aromatic N) is 1. The van der Waals surface area contributed by atoms with Gasteiger partial charge in [-0.15, -0.1) is 0 Å². The number of benzene rings is 1. The average molecular weight is 278 g/mol. The first kappa shape index (κ1) is 15.0. The second-order valence-corrected chi connectivity index (χ2v) is 5.27. The van der Waals surface area contributed by atoms with Crippen molar-refractivity contribution in [2.45, 2.75) is 38.6 Å². The SMILES string of the molecule is CCC(NCCC(=O)N1CCCC1)c1ccccc1F. The molecule has 0 radical (unpaired) electrons. The zero-order valence-corrected chi connectivity index (χ0v) is 12.1. The third-order valence-electron chi connectivity index (χ3n) is 3.88. The number of carbonyl (C=O) groups excluding carboxylic acids is 1. The van der Waals surface area contributed by atoms with Gasteiger partial charge in [-0.05, 0) is 25.3 Å². The fourth-order valence-corrected chi connectivity index (χ4v) is 2.71. The van der Waals surface area contributed by atoms with Crippen molar-refractivity contribution >= 4 is 5.91 Å². The van der Waals surface area contributed by atoms with Gasteiger partial charge in [0.2, 0.25) is 5.91 Å². The fraction of sp³-hybridized carbons (Fsp3) is 0.562. The van der Waals surface area contributed by atoms with Crippen LogP contribution in [0.5, 0.6) is 0 Å². The van der Waals surface area contributed by atoms with Crippen molar-refractivity contribution in [3.63, 3.8) is 0 Å². The molecule has 3 nitrogen and oxygen atoms in total. The van der Waals surface area contributed by atoms with Crippen molar-refractivity contribution in [3.05, 3.63) is 35.6 Å². The molecule has 1 saturated heterocycles. The van der Waals surface area contributed by atoms with Crippen LogP contribution in [0.4, 0.5) is 4.39 Å². The molecule has 1 N–H and O–H groups in total. The lowest BCUT2D eigenvalue weighted by Crippen LogP contribution is -2.32. The standard InChI is InChI=1S/C16H23FN2O/c1-2-15(13-7-3-4-8-14(13)17)18-10-9-16(20)19-11-5-6-12-19/h3-4,7-8,15,18H,2,5-6,9-12H2,1H3. The minimum absolute atomic E-state index is 0.0254. The van der Waals surface area contributed by atoms with Gasteiger partial charge in [0, 0.05) is 37.7 Å². The third-order valence-corrected chi connectivity index (χ3v) is 3.88. The Morgan fingerprint density at radius 3 is 2.70 bits per heavy atom. The Kier molecular flexibility index (Phi) is 5.53. The molecule has 4 heteroatoms. The molecule has 1 aliphatic heterocycles. The lowest BCUT2D eigenvalue weighted by atomic mass is 10.0. The van der Waals surface area contributed by atoms with E-state index in [0.717, 1.165) is 32.4 Å². The zero-order chi connectivity index (χ0) is 14.4. The average Bonchev–Trinajstić information content (AvgIpc) is 2.99. The number of rotatable bonds is 6. The van der Waals surface area contributed by atoms with E-state index in [0.29, 0.717) is 18.5 Å². The monoisotopic (exact) mass is 278 g/mol. The van der Waals surface area contributed by atoms with Gasteiger partial charge in [-0.25, -0.2) is 4.39 Å². The maximum atomic E-state index is 13.7. The van der Waals surface area contributed by atoms with Crippen molar-refractivity contribution < 1.29 is 9.18 Å². The lowest BCUT2D eigenvalue weighted by molar-refractivity contribution is -0.130. The Balaban J connectivity index is 1.82. The van der Waals surface area contributed by atoms with E-state index >= 15 is 0 Å². The summed E-state index contributed by atoms with van der Waals surface area (Å²) in [5.74, 6) is 0.0242. The van der Waals surface area contributed by atoms with E-state index < -0.39 is 0 Å². The predicted molar refractivity (Wildman–Crippen MR) is 77.9 cm³/mol. The van der Waals surface area contributed by atoms with E-state index in [-0.39, 0.29) is 17.8 Å². The number of carbonyl (C=O) groups is 1. The topological polar surface area (TPSA) is 32.3 Å². The summed E-state index contributed by atoms with van der Waals surface area (Å²) in [5, 5.41) is 3.29. The number of nitrogens with one attached hydrogen (secondary N) is 1. The summed E-state index contributed by atoms with van der Waals surface area (Å²) in [6, 6.07) is 6.80. The Morgan fingerprint density at radius 1 is 1.35 bits per heavy atom. The number of hydrogen-bond donors (Lipinski definition) is 1. The van der Waals surface area contributed by atoms with Crippen LogP contribution < -0.4 is 5.32 Å². The van der Waals surface area contributed by atoms with Crippen LogP contribution in [0.2, 0.25) is 0 Å². The van der Waals surface area contributed by atoms with Crippen LogP contribution >= 0.6 is 0 Å². The van der Waals surface area contributed by atoms with Gasteiger partial charge in [0.05, 0.1) is 0 Å². The summed E-state index contributed by atoms with van der Waals surface area (Å²) in [4.78, 5) is 13.9. The number of halogens is 1. The van der Waals surface area contributed by atoms with Crippen LogP contribution in [-0.2, 0) is 4.79 Å². The quantitative estimate of drug-likeness (QED) is 0.868. The maximum Gasteiger partial charge on any atom is 0.223 e. The molecule has 0 spiro atoms. The van der Waals surface area contributed by atoms with E-state index in [1.54, 1.807) is 12.1 Å². The van der Waals surface area contributed by atoms with Crippen molar-refractivity contribution in [1.82, 2.24) is 10.2 Å². The minimum Gasteiger partial charge on any atom is -0.343 e. The first-order valence-electron chi connectivity index (χ1n) is 7.48. The molecule has 0 aliphatic carbocycles. The third kappa shape index (κ3) is 3.79. The van der Waals surface area contributed by atoms with Crippen LogP contribution in [0.25, 0.3) is 0 Å². The highest BCUT2D eigenvalue weighted by atomic mass is 19.1. The summed E-state index contributed by atoms with van der Waals surface area (Å²) in [6.45, 7) is 4.40. The van der Waals surface area contributed by atoms with Crippen LogP contribution in [0.3, 0.4) is 0 Å². The summed E-state index contributed by atoms with van der Waals surface area (Å²) >= 11 is 0. The number of likely N-dealkylation sites (tertiary alicyclic amines) is 1. The van der Waals surface area contributed by atoms with E-state index in [1.807, 2.05) is 17.9 Å². The summed E-state index contributed by atoms with van der Waals surface area (Å²) in [5.41, 5.74) is 0.684. The molecule has 1 aliphatic rings. The second-order valence-electron chi connectivity index (χ2n) is 5.27. The predicted octanol–water partition coefficient (Wildman–Crippen LogP) is 2.88. The molecule has 1 atom stereocenters. The molecule has 110 valence electrons. The van der Waals surface area contributed by atoms with Gasteiger partial charge >= 0.3 is 0 Å². The summed E-state index contributed by atoms with van der Waals surface area (Å²) in [7, 11) is 0. The van der Waals surface area contributed by atoms with Crippen LogP contribution in [0.15, 0.2) is 24.3 Å². The zero-order valence-electron chi connectivity index (χ0n) is 12.1. The van der Waals surface area contributed by atoms with E-state index in [2.05, 4.69) is 5.32 Å². The molecule has 1 aromatic rings. The van der Waals surface area contributed by atoms with Crippen LogP contribution in [0.1, 0.15) is 44.2 Å². The molecule has 0 saturated carbocycles. The molecule has 1 unspecified atom stereocenters. The van der Waals surface area contributed by atoms with Gasteiger partial charge in [-0.1, -0.05) is 25.1 Å². The minimum atomic E-state index is -0.183. The molecule has 0 bridgehead atoms. The second kappa shape index (κ2) is 7.39. The first-order valence-corrected chi connectivity index (χ1v) is 7.48. The van der Waals surface area contributed by atoms with Gasteiger partial charge < -0.3 is 10.2 Å². The molecular formula is C16H23FN2O. The Morgan fingerprint density at radius 2 is 2.05 bits per heavy atom. The van der Waals surface area contributed by atoms with Gasteiger partial charge in [-0.3, -0.25) is 4.79 Å². The highest BCUT2D eigenvalue weighted by Crippen LogP contribution is 2.19. The molecule has 2 rings (SSSR count). The number of amides is 1. The van der Waals surface area contributed by atoms with Gasteiger partial charge in [0.25, 0.3) is 0 Å². The Bertz CT molecular complexity index is 444. The molecule has 1 heterocycles. The van der Waals surface area contributed by atoms with E-state index in [1.165, 1.54) is 6.07 Å². The molecule has 1 amide bonds. The molecule has 1 fully saturated rings. The van der Waals surface area contributed by atoms with Crippen molar-refractivity contribution in [1.29, 1.82) is 0 Å². The number of hydrogen-bond acceptors (Lipinski definition) is 2. The molecule has 20 heavy (non-hydrogen) atoms.